The van der Waals surface area contributed by atoms with Crippen LogP contribution in [0.2, 0.25) is 0 Å². The molecule has 0 aromatic rings. The van der Waals surface area contributed by atoms with Gasteiger partial charge in [0.15, 0.2) is 0 Å². The number of aliphatic hydroxyl groups excluding tert-OH is 1. The van der Waals surface area contributed by atoms with E-state index in [9.17, 15) is 0 Å². The average molecular weight is 314 g/mol. The number of ether oxygens (including phenoxy) is 1. The summed E-state index contributed by atoms with van der Waals surface area (Å²) in [6.45, 7) is 6.71. The maximum Gasteiger partial charge on any atom is 0.0713 e. The minimum atomic E-state index is 0.200. The van der Waals surface area contributed by atoms with Gasteiger partial charge >= 0.3 is 0 Å². The molecule has 1 unspecified atom stereocenters. The van der Waals surface area contributed by atoms with Gasteiger partial charge in [-0.25, -0.2) is 0 Å². The van der Waals surface area contributed by atoms with Crippen molar-refractivity contribution < 1.29 is 9.84 Å². The fourth-order valence-electron chi connectivity index (χ4n) is 4.13. The van der Waals surface area contributed by atoms with E-state index < -0.39 is 0 Å². The number of hydrogen-bond donors (Lipinski definition) is 1. The predicted octanol–water partition coefficient (Wildman–Crippen LogP) is 1.43. The van der Waals surface area contributed by atoms with Crippen LogP contribution in [0.5, 0.6) is 0 Å². The predicted molar refractivity (Wildman–Crippen MR) is 88.0 cm³/mol. The van der Waals surface area contributed by atoms with E-state index in [-0.39, 0.29) is 12.2 Å². The lowest BCUT2D eigenvalue weighted by Crippen LogP contribution is -2.51. The normalized spacial score (nSPS) is 32.1. The van der Waals surface area contributed by atoms with Gasteiger partial charge in [-0.05, 0) is 56.7 Å². The van der Waals surface area contributed by atoms with E-state index in [4.69, 9.17) is 9.84 Å². The standard InChI is InChI=1S/C16H30N2O2S/c19-10-9-17-5-1-6-18(8-7-17)15-2-11-20-16(14-15)3-12-21-13-4-16/h15,19H,1-14H2. The first kappa shape index (κ1) is 16.1. The van der Waals surface area contributed by atoms with Gasteiger partial charge in [0, 0.05) is 32.3 Å². The Morgan fingerprint density at radius 1 is 1.14 bits per heavy atom. The van der Waals surface area contributed by atoms with Crippen LogP contribution in [0.25, 0.3) is 0 Å². The molecule has 1 atom stereocenters. The minimum absolute atomic E-state index is 0.200. The first-order valence-electron chi connectivity index (χ1n) is 8.60. The second kappa shape index (κ2) is 7.64. The van der Waals surface area contributed by atoms with Crippen molar-refractivity contribution >= 4 is 11.8 Å². The summed E-state index contributed by atoms with van der Waals surface area (Å²) in [6.07, 6.45) is 6.18. The molecule has 0 saturated carbocycles. The van der Waals surface area contributed by atoms with E-state index in [1.807, 2.05) is 0 Å². The van der Waals surface area contributed by atoms with Crippen molar-refractivity contribution in [3.8, 4) is 0 Å². The van der Waals surface area contributed by atoms with Crippen LogP contribution in [0.3, 0.4) is 0 Å². The maximum atomic E-state index is 9.12. The molecule has 0 aromatic carbocycles. The Morgan fingerprint density at radius 2 is 2.00 bits per heavy atom. The van der Waals surface area contributed by atoms with Crippen molar-refractivity contribution in [3.05, 3.63) is 0 Å². The van der Waals surface area contributed by atoms with Crippen LogP contribution in [0, 0.1) is 0 Å². The summed E-state index contributed by atoms with van der Waals surface area (Å²) >= 11 is 2.08. The Bertz CT molecular complexity index is 318. The van der Waals surface area contributed by atoms with Gasteiger partial charge in [-0.15, -0.1) is 0 Å². The molecule has 122 valence electrons. The van der Waals surface area contributed by atoms with E-state index in [1.54, 1.807) is 0 Å². The molecule has 0 radical (unpaired) electrons. The lowest BCUT2D eigenvalue weighted by atomic mass is 9.85. The molecule has 3 fully saturated rings. The van der Waals surface area contributed by atoms with E-state index in [0.29, 0.717) is 0 Å². The minimum Gasteiger partial charge on any atom is -0.395 e. The molecule has 1 spiro atoms. The monoisotopic (exact) mass is 314 g/mol. The molecule has 3 saturated heterocycles. The van der Waals surface area contributed by atoms with Crippen LogP contribution in [0.1, 0.15) is 32.1 Å². The number of nitrogens with zero attached hydrogens (tertiary/aromatic N) is 2. The third kappa shape index (κ3) is 4.14. The molecule has 3 aliphatic rings. The van der Waals surface area contributed by atoms with Gasteiger partial charge in [0.25, 0.3) is 0 Å². The summed E-state index contributed by atoms with van der Waals surface area (Å²) in [4.78, 5) is 5.12. The molecule has 5 heteroatoms. The molecule has 0 amide bonds. The maximum absolute atomic E-state index is 9.12. The van der Waals surface area contributed by atoms with E-state index in [1.165, 1.54) is 50.2 Å². The first-order valence-corrected chi connectivity index (χ1v) is 9.76. The van der Waals surface area contributed by atoms with E-state index in [2.05, 4.69) is 21.6 Å². The number of aliphatic hydroxyl groups is 1. The largest absolute Gasteiger partial charge is 0.395 e. The van der Waals surface area contributed by atoms with Crippen LogP contribution < -0.4 is 0 Å². The Hall–Kier alpha value is 0.190. The summed E-state index contributed by atoms with van der Waals surface area (Å²) in [5, 5.41) is 9.12. The summed E-state index contributed by atoms with van der Waals surface area (Å²) in [5.41, 5.74) is 0.200. The van der Waals surface area contributed by atoms with Gasteiger partial charge in [0.2, 0.25) is 0 Å². The van der Waals surface area contributed by atoms with E-state index in [0.717, 1.165) is 38.8 Å². The SMILES string of the molecule is OCCN1CCCN(C2CCOC3(CCSCC3)C2)CC1. The quantitative estimate of drug-likeness (QED) is 0.853. The third-order valence-corrected chi connectivity index (χ3v) is 6.41. The van der Waals surface area contributed by atoms with Crippen molar-refractivity contribution in [2.75, 3.05) is 57.4 Å². The summed E-state index contributed by atoms with van der Waals surface area (Å²) in [7, 11) is 0. The van der Waals surface area contributed by atoms with E-state index >= 15 is 0 Å². The fraction of sp³-hybridized carbons (Fsp3) is 1.00. The van der Waals surface area contributed by atoms with Gasteiger partial charge < -0.3 is 9.84 Å². The van der Waals surface area contributed by atoms with Crippen molar-refractivity contribution in [2.45, 2.75) is 43.7 Å². The molecule has 3 rings (SSSR count). The first-order chi connectivity index (χ1) is 10.3. The van der Waals surface area contributed by atoms with Gasteiger partial charge in [-0.2, -0.15) is 11.8 Å². The Morgan fingerprint density at radius 3 is 2.81 bits per heavy atom. The van der Waals surface area contributed by atoms with Crippen molar-refractivity contribution in [2.24, 2.45) is 0 Å². The Kier molecular flexibility index (Phi) is 5.85. The highest BCUT2D eigenvalue weighted by molar-refractivity contribution is 7.99. The molecule has 3 heterocycles. The Labute approximate surface area is 133 Å². The van der Waals surface area contributed by atoms with Crippen molar-refractivity contribution in [1.82, 2.24) is 9.80 Å². The molecule has 0 aromatic heterocycles. The van der Waals surface area contributed by atoms with Crippen molar-refractivity contribution in [3.63, 3.8) is 0 Å². The van der Waals surface area contributed by atoms with Gasteiger partial charge in [0.05, 0.1) is 12.2 Å². The number of β-amino-alcohol motifs (C(OH)–C–C–N with tert-alkyl or cyclic N) is 1. The van der Waals surface area contributed by atoms with Gasteiger partial charge in [-0.3, -0.25) is 9.80 Å². The highest BCUT2D eigenvalue weighted by Crippen LogP contribution is 2.39. The average Bonchev–Trinajstić information content (AvgIpc) is 2.74. The molecule has 1 N–H and O–H groups in total. The number of thioether (sulfide) groups is 1. The number of hydrogen-bond acceptors (Lipinski definition) is 5. The van der Waals surface area contributed by atoms with Crippen LogP contribution >= 0.6 is 11.8 Å². The molecule has 3 aliphatic heterocycles. The van der Waals surface area contributed by atoms with Crippen LogP contribution in [0.15, 0.2) is 0 Å². The highest BCUT2D eigenvalue weighted by Gasteiger charge is 2.40. The Balaban J connectivity index is 1.55. The van der Waals surface area contributed by atoms with Crippen molar-refractivity contribution in [1.29, 1.82) is 0 Å². The summed E-state index contributed by atoms with van der Waals surface area (Å²) in [6, 6.07) is 0.718. The summed E-state index contributed by atoms with van der Waals surface area (Å²) in [5.74, 6) is 2.55. The van der Waals surface area contributed by atoms with Crippen LogP contribution in [-0.4, -0.2) is 84.0 Å². The highest BCUT2D eigenvalue weighted by atomic mass is 32.2. The van der Waals surface area contributed by atoms with Gasteiger partial charge in [0.1, 0.15) is 0 Å². The fourth-order valence-corrected chi connectivity index (χ4v) is 5.36. The second-order valence-electron chi connectivity index (χ2n) is 6.75. The lowest BCUT2D eigenvalue weighted by molar-refractivity contribution is -0.110. The molecule has 0 bridgehead atoms. The van der Waals surface area contributed by atoms with Crippen LogP contribution in [-0.2, 0) is 4.74 Å². The molecule has 21 heavy (non-hydrogen) atoms. The van der Waals surface area contributed by atoms with Crippen LogP contribution in [0.4, 0.5) is 0 Å². The smallest absolute Gasteiger partial charge is 0.0713 e. The van der Waals surface area contributed by atoms with Gasteiger partial charge in [-0.1, -0.05) is 0 Å². The molecule has 4 nitrogen and oxygen atoms in total. The zero-order valence-electron chi connectivity index (χ0n) is 13.1. The molecular weight excluding hydrogens is 284 g/mol. The lowest BCUT2D eigenvalue weighted by Gasteiger charge is -2.46. The summed E-state index contributed by atoms with van der Waals surface area (Å²) < 4.78 is 6.23. The molecular formula is C16H30N2O2S. The molecule has 0 aliphatic carbocycles. The third-order valence-electron chi connectivity index (χ3n) is 5.43. The zero-order valence-corrected chi connectivity index (χ0v) is 14.0. The zero-order chi connectivity index (χ0) is 14.5. The topological polar surface area (TPSA) is 35.9 Å². The second-order valence-corrected chi connectivity index (χ2v) is 7.97. The number of rotatable bonds is 3.